The van der Waals surface area contributed by atoms with Crippen molar-refractivity contribution in [2.24, 2.45) is 5.73 Å². The quantitative estimate of drug-likeness (QED) is 0.669. The molecule has 0 saturated carbocycles. The molecule has 1 atom stereocenters. The van der Waals surface area contributed by atoms with E-state index in [1.165, 1.54) is 8.61 Å². The molecule has 7 nitrogen and oxygen atoms in total. The van der Waals surface area contributed by atoms with E-state index < -0.39 is 16.1 Å². The summed E-state index contributed by atoms with van der Waals surface area (Å²) in [6.45, 7) is 2.33. The van der Waals surface area contributed by atoms with Crippen molar-refractivity contribution in [3.63, 3.8) is 0 Å². The van der Waals surface area contributed by atoms with Crippen LogP contribution >= 0.6 is 0 Å². The van der Waals surface area contributed by atoms with Crippen LogP contribution in [0.2, 0.25) is 0 Å². The van der Waals surface area contributed by atoms with Crippen molar-refractivity contribution < 1.29 is 13.2 Å². The van der Waals surface area contributed by atoms with Crippen LogP contribution in [-0.4, -0.2) is 61.7 Å². The molecule has 2 rings (SSSR count). The van der Waals surface area contributed by atoms with Crippen molar-refractivity contribution in [1.29, 1.82) is 0 Å². The fourth-order valence-electron chi connectivity index (χ4n) is 2.70. The summed E-state index contributed by atoms with van der Waals surface area (Å²) < 4.78 is 27.9. The zero-order valence-corrected chi connectivity index (χ0v) is 11.9. The SMILES string of the molecule is NC(=O)CN(C1CCCNC1)S(=O)(=O)N1CCCC1. The number of hydrogen-bond acceptors (Lipinski definition) is 4. The van der Waals surface area contributed by atoms with Gasteiger partial charge in [0, 0.05) is 25.7 Å². The maximum Gasteiger partial charge on any atom is 0.282 e. The van der Waals surface area contributed by atoms with Gasteiger partial charge < -0.3 is 11.1 Å². The molecule has 8 heteroatoms. The summed E-state index contributed by atoms with van der Waals surface area (Å²) in [6, 6.07) is -0.174. The first-order valence-corrected chi connectivity index (χ1v) is 8.17. The van der Waals surface area contributed by atoms with Gasteiger partial charge >= 0.3 is 0 Å². The van der Waals surface area contributed by atoms with E-state index >= 15 is 0 Å². The van der Waals surface area contributed by atoms with Gasteiger partial charge in [0.15, 0.2) is 0 Å². The van der Waals surface area contributed by atoms with Gasteiger partial charge in [-0.3, -0.25) is 4.79 Å². The van der Waals surface area contributed by atoms with E-state index in [2.05, 4.69) is 5.32 Å². The first kappa shape index (κ1) is 14.7. The van der Waals surface area contributed by atoms with E-state index in [1.807, 2.05) is 0 Å². The summed E-state index contributed by atoms with van der Waals surface area (Å²) in [5.41, 5.74) is 5.21. The number of hydrogen-bond donors (Lipinski definition) is 2. The molecule has 2 heterocycles. The number of nitrogens with two attached hydrogens (primary N) is 1. The molecule has 2 aliphatic rings. The lowest BCUT2D eigenvalue weighted by Crippen LogP contribution is -2.55. The van der Waals surface area contributed by atoms with Crippen LogP contribution in [-0.2, 0) is 15.0 Å². The van der Waals surface area contributed by atoms with Crippen LogP contribution in [0.1, 0.15) is 25.7 Å². The predicted molar refractivity (Wildman–Crippen MR) is 71.5 cm³/mol. The molecule has 2 fully saturated rings. The van der Waals surface area contributed by atoms with Crippen LogP contribution in [0.25, 0.3) is 0 Å². The molecule has 0 spiro atoms. The zero-order valence-electron chi connectivity index (χ0n) is 11.0. The van der Waals surface area contributed by atoms with E-state index in [0.717, 1.165) is 32.2 Å². The molecule has 110 valence electrons. The molecule has 0 aromatic rings. The van der Waals surface area contributed by atoms with Crippen molar-refractivity contribution in [2.75, 3.05) is 32.7 Å². The van der Waals surface area contributed by atoms with Crippen LogP contribution in [0.4, 0.5) is 0 Å². The average Bonchev–Trinajstić information content (AvgIpc) is 2.91. The van der Waals surface area contributed by atoms with Gasteiger partial charge in [-0.2, -0.15) is 17.0 Å². The Kier molecular flexibility index (Phi) is 4.77. The van der Waals surface area contributed by atoms with E-state index in [4.69, 9.17) is 5.73 Å². The Bertz CT molecular complexity index is 414. The molecule has 0 aromatic heterocycles. The first-order valence-electron chi connectivity index (χ1n) is 6.78. The van der Waals surface area contributed by atoms with Gasteiger partial charge in [0.2, 0.25) is 5.91 Å². The predicted octanol–water partition coefficient (Wildman–Crippen LogP) is -1.13. The molecule has 3 N–H and O–H groups in total. The third-order valence-corrected chi connectivity index (χ3v) is 5.72. The first-order chi connectivity index (χ1) is 9.01. The van der Waals surface area contributed by atoms with Crippen molar-refractivity contribution in [3.8, 4) is 0 Å². The summed E-state index contributed by atoms with van der Waals surface area (Å²) in [6.07, 6.45) is 3.45. The Morgan fingerprint density at radius 1 is 1.32 bits per heavy atom. The minimum Gasteiger partial charge on any atom is -0.369 e. The van der Waals surface area contributed by atoms with E-state index in [-0.39, 0.29) is 12.6 Å². The third-order valence-electron chi connectivity index (χ3n) is 3.68. The summed E-state index contributed by atoms with van der Waals surface area (Å²) in [7, 11) is -3.57. The van der Waals surface area contributed by atoms with Crippen LogP contribution in [0, 0.1) is 0 Å². The molecule has 2 saturated heterocycles. The van der Waals surface area contributed by atoms with Gasteiger partial charge in [0.1, 0.15) is 0 Å². The van der Waals surface area contributed by atoms with Crippen molar-refractivity contribution >= 4 is 16.1 Å². The van der Waals surface area contributed by atoms with Gasteiger partial charge in [0.05, 0.1) is 6.54 Å². The molecule has 0 aliphatic carbocycles. The molecule has 19 heavy (non-hydrogen) atoms. The van der Waals surface area contributed by atoms with Gasteiger partial charge in [-0.1, -0.05) is 0 Å². The Morgan fingerprint density at radius 2 is 2.00 bits per heavy atom. The number of carbonyl (C=O) groups excluding carboxylic acids is 1. The van der Waals surface area contributed by atoms with Crippen LogP contribution in [0.3, 0.4) is 0 Å². The van der Waals surface area contributed by atoms with Crippen molar-refractivity contribution in [1.82, 2.24) is 13.9 Å². The summed E-state index contributed by atoms with van der Waals surface area (Å²) in [5, 5.41) is 3.17. The summed E-state index contributed by atoms with van der Waals surface area (Å²) in [4.78, 5) is 11.2. The monoisotopic (exact) mass is 290 g/mol. The van der Waals surface area contributed by atoms with Crippen LogP contribution in [0.15, 0.2) is 0 Å². The van der Waals surface area contributed by atoms with E-state index in [1.54, 1.807) is 0 Å². The third kappa shape index (κ3) is 3.44. The average molecular weight is 290 g/mol. The van der Waals surface area contributed by atoms with Gasteiger partial charge in [-0.15, -0.1) is 0 Å². The Morgan fingerprint density at radius 3 is 2.53 bits per heavy atom. The fourth-order valence-corrected chi connectivity index (χ4v) is 4.56. The summed E-state index contributed by atoms with van der Waals surface area (Å²) in [5.74, 6) is -0.603. The minimum atomic E-state index is -3.57. The largest absolute Gasteiger partial charge is 0.369 e. The zero-order chi connectivity index (χ0) is 13.9. The smallest absolute Gasteiger partial charge is 0.282 e. The van der Waals surface area contributed by atoms with Crippen LogP contribution in [0.5, 0.6) is 0 Å². The molecular formula is C11H22N4O3S. The second-order valence-electron chi connectivity index (χ2n) is 5.13. The van der Waals surface area contributed by atoms with Gasteiger partial charge in [0.25, 0.3) is 10.2 Å². The number of rotatable bonds is 5. The fraction of sp³-hybridized carbons (Fsp3) is 0.909. The highest BCUT2D eigenvalue weighted by atomic mass is 32.2. The highest BCUT2D eigenvalue weighted by Crippen LogP contribution is 2.21. The number of nitrogens with one attached hydrogen (secondary N) is 1. The van der Waals surface area contributed by atoms with Crippen LogP contribution < -0.4 is 11.1 Å². The Labute approximate surface area is 114 Å². The maximum absolute atomic E-state index is 12.6. The molecule has 0 radical (unpaired) electrons. The van der Waals surface area contributed by atoms with E-state index in [9.17, 15) is 13.2 Å². The number of carbonyl (C=O) groups is 1. The Balaban J connectivity index is 2.17. The number of piperidine rings is 1. The topological polar surface area (TPSA) is 95.7 Å². The number of amides is 1. The molecule has 1 amide bonds. The Hall–Kier alpha value is -0.700. The lowest BCUT2D eigenvalue weighted by molar-refractivity contribution is -0.118. The minimum absolute atomic E-state index is 0.174. The van der Waals surface area contributed by atoms with Crippen molar-refractivity contribution in [3.05, 3.63) is 0 Å². The molecule has 0 bridgehead atoms. The molecule has 2 aliphatic heterocycles. The van der Waals surface area contributed by atoms with Crippen molar-refractivity contribution in [2.45, 2.75) is 31.7 Å². The molecular weight excluding hydrogens is 268 g/mol. The highest BCUT2D eigenvalue weighted by Gasteiger charge is 2.37. The van der Waals surface area contributed by atoms with Gasteiger partial charge in [-0.25, -0.2) is 0 Å². The molecule has 1 unspecified atom stereocenters. The van der Waals surface area contributed by atoms with Gasteiger partial charge in [-0.05, 0) is 32.2 Å². The normalized spacial score (nSPS) is 25.8. The second kappa shape index (κ2) is 6.17. The lowest BCUT2D eigenvalue weighted by Gasteiger charge is -2.35. The maximum atomic E-state index is 12.6. The number of nitrogens with zero attached hydrogens (tertiary/aromatic N) is 2. The van der Waals surface area contributed by atoms with E-state index in [0.29, 0.717) is 19.6 Å². The second-order valence-corrected chi connectivity index (χ2v) is 7.01. The lowest BCUT2D eigenvalue weighted by atomic mass is 10.1. The number of primary amides is 1. The molecule has 0 aromatic carbocycles. The highest BCUT2D eigenvalue weighted by molar-refractivity contribution is 7.86. The standard InChI is InChI=1S/C11H22N4O3S/c12-11(16)9-15(10-4-3-5-13-8-10)19(17,18)14-6-1-2-7-14/h10,13H,1-9H2,(H2,12,16). The summed E-state index contributed by atoms with van der Waals surface area (Å²) >= 11 is 0.